The molecule has 3 aliphatic rings. The van der Waals surface area contributed by atoms with Gasteiger partial charge in [0.05, 0.1) is 0 Å². The van der Waals surface area contributed by atoms with Crippen LogP contribution >= 0.6 is 0 Å². The SMILES string of the molecule is CC(C)(C)OC(=O)N1CCC[C@H]1C(=O)N1CCC[C@H]1C(=O)N1CCC[C@@H]1C(=O)O. The predicted octanol–water partition coefficient (Wildman–Crippen LogP) is 1.45. The first-order valence-corrected chi connectivity index (χ1v) is 10.4. The molecule has 0 aromatic heterocycles. The molecule has 3 saturated heterocycles. The Hall–Kier alpha value is -2.32. The number of carbonyl (C=O) groups excluding carboxylic acids is 3. The van der Waals surface area contributed by atoms with Crippen LogP contribution in [-0.4, -0.2) is 87.0 Å². The van der Waals surface area contributed by atoms with Gasteiger partial charge in [-0.05, 0) is 59.3 Å². The molecule has 162 valence electrons. The number of nitrogens with zero attached hydrogens (tertiary/aromatic N) is 3. The minimum absolute atomic E-state index is 0.240. The van der Waals surface area contributed by atoms with Gasteiger partial charge in [0.15, 0.2) is 0 Å². The Morgan fingerprint density at radius 1 is 0.759 bits per heavy atom. The van der Waals surface area contributed by atoms with E-state index in [9.17, 15) is 24.3 Å². The van der Waals surface area contributed by atoms with Gasteiger partial charge in [0, 0.05) is 19.6 Å². The first-order valence-electron chi connectivity index (χ1n) is 10.4. The van der Waals surface area contributed by atoms with Crippen molar-refractivity contribution in [3.05, 3.63) is 0 Å². The summed E-state index contributed by atoms with van der Waals surface area (Å²) in [6, 6.07) is -2.10. The third-order valence-electron chi connectivity index (χ3n) is 5.81. The van der Waals surface area contributed by atoms with Crippen molar-refractivity contribution in [1.29, 1.82) is 0 Å². The normalized spacial score (nSPS) is 27.4. The topological polar surface area (TPSA) is 107 Å². The number of likely N-dealkylation sites (tertiary alicyclic amines) is 3. The Kier molecular flexibility index (Phi) is 6.05. The van der Waals surface area contributed by atoms with Crippen molar-refractivity contribution in [2.75, 3.05) is 19.6 Å². The molecule has 29 heavy (non-hydrogen) atoms. The molecular weight excluding hydrogens is 378 g/mol. The summed E-state index contributed by atoms with van der Waals surface area (Å²) in [6.07, 6.45) is 3.03. The van der Waals surface area contributed by atoms with E-state index < -0.39 is 35.8 Å². The van der Waals surface area contributed by atoms with Gasteiger partial charge >= 0.3 is 12.1 Å². The van der Waals surface area contributed by atoms with E-state index in [1.165, 1.54) is 9.80 Å². The molecule has 3 atom stereocenters. The maximum absolute atomic E-state index is 13.3. The molecule has 3 fully saturated rings. The fourth-order valence-corrected chi connectivity index (χ4v) is 4.52. The fraction of sp³-hybridized carbons (Fsp3) is 0.800. The van der Waals surface area contributed by atoms with Gasteiger partial charge in [-0.2, -0.15) is 0 Å². The van der Waals surface area contributed by atoms with Crippen LogP contribution in [0, 0.1) is 0 Å². The van der Waals surface area contributed by atoms with E-state index in [4.69, 9.17) is 4.74 Å². The lowest BCUT2D eigenvalue weighted by Crippen LogP contribution is -2.55. The lowest BCUT2D eigenvalue weighted by Gasteiger charge is -2.34. The number of hydrogen-bond donors (Lipinski definition) is 1. The Balaban J connectivity index is 1.71. The number of carboxylic acids is 1. The molecule has 3 aliphatic heterocycles. The van der Waals surface area contributed by atoms with Gasteiger partial charge in [-0.15, -0.1) is 0 Å². The second-order valence-corrected chi connectivity index (χ2v) is 9.05. The van der Waals surface area contributed by atoms with E-state index in [-0.39, 0.29) is 11.8 Å². The highest BCUT2D eigenvalue weighted by atomic mass is 16.6. The second kappa shape index (κ2) is 8.20. The van der Waals surface area contributed by atoms with Crippen LogP contribution in [0.4, 0.5) is 4.79 Å². The molecule has 0 aromatic carbocycles. The van der Waals surface area contributed by atoms with Crippen LogP contribution in [0.25, 0.3) is 0 Å². The highest BCUT2D eigenvalue weighted by molar-refractivity contribution is 5.93. The van der Waals surface area contributed by atoms with Crippen molar-refractivity contribution in [3.63, 3.8) is 0 Å². The zero-order valence-electron chi connectivity index (χ0n) is 17.4. The summed E-state index contributed by atoms with van der Waals surface area (Å²) >= 11 is 0. The quantitative estimate of drug-likeness (QED) is 0.756. The third kappa shape index (κ3) is 4.48. The van der Waals surface area contributed by atoms with Gasteiger partial charge in [0.25, 0.3) is 0 Å². The maximum atomic E-state index is 13.3. The molecule has 0 bridgehead atoms. The van der Waals surface area contributed by atoms with Crippen molar-refractivity contribution in [2.45, 2.75) is 83.0 Å². The monoisotopic (exact) mass is 409 g/mol. The predicted molar refractivity (Wildman–Crippen MR) is 103 cm³/mol. The van der Waals surface area contributed by atoms with Crippen LogP contribution in [0.5, 0.6) is 0 Å². The molecule has 0 aliphatic carbocycles. The van der Waals surface area contributed by atoms with E-state index >= 15 is 0 Å². The number of aliphatic carboxylic acids is 1. The number of carboxylic acid groups (broad SMARTS) is 1. The Morgan fingerprint density at radius 2 is 1.17 bits per heavy atom. The summed E-state index contributed by atoms with van der Waals surface area (Å²) in [5, 5.41) is 9.38. The molecule has 0 spiro atoms. The lowest BCUT2D eigenvalue weighted by molar-refractivity contribution is -0.152. The number of amides is 3. The van der Waals surface area contributed by atoms with Crippen molar-refractivity contribution < 1.29 is 29.0 Å². The molecule has 0 aromatic rings. The molecule has 3 amide bonds. The zero-order valence-corrected chi connectivity index (χ0v) is 17.4. The number of ether oxygens (including phenoxy) is 1. The molecule has 0 saturated carbocycles. The molecule has 3 heterocycles. The second-order valence-electron chi connectivity index (χ2n) is 9.05. The summed E-state index contributed by atoms with van der Waals surface area (Å²) in [6.45, 7) is 6.64. The van der Waals surface area contributed by atoms with Crippen LogP contribution in [0.15, 0.2) is 0 Å². The smallest absolute Gasteiger partial charge is 0.410 e. The molecule has 9 heteroatoms. The standard InChI is InChI=1S/C20H31N3O6/c1-20(2,3)29-19(28)23-12-5-8-14(23)17(25)21-10-4-7-13(21)16(24)22-11-6-9-15(22)18(26)27/h13-15H,4-12H2,1-3H3,(H,26,27)/t13-,14-,15+/m0/s1. The summed E-state index contributed by atoms with van der Waals surface area (Å²) in [5.74, 6) is -1.53. The van der Waals surface area contributed by atoms with Crippen LogP contribution in [-0.2, 0) is 19.1 Å². The van der Waals surface area contributed by atoms with E-state index in [2.05, 4.69) is 0 Å². The van der Waals surface area contributed by atoms with Gasteiger partial charge in [-0.3, -0.25) is 14.5 Å². The van der Waals surface area contributed by atoms with Crippen molar-refractivity contribution in [1.82, 2.24) is 14.7 Å². The lowest BCUT2D eigenvalue weighted by atomic mass is 10.1. The summed E-state index contributed by atoms with van der Waals surface area (Å²) in [5.41, 5.74) is -0.652. The summed E-state index contributed by atoms with van der Waals surface area (Å²) in [4.78, 5) is 54.7. The molecule has 1 N–H and O–H groups in total. The minimum atomic E-state index is -1.00. The largest absolute Gasteiger partial charge is 0.480 e. The van der Waals surface area contributed by atoms with Crippen molar-refractivity contribution >= 4 is 23.9 Å². The van der Waals surface area contributed by atoms with E-state index in [0.717, 1.165) is 0 Å². The Labute approximate surface area is 170 Å². The van der Waals surface area contributed by atoms with Gasteiger partial charge in [0.2, 0.25) is 11.8 Å². The highest BCUT2D eigenvalue weighted by Gasteiger charge is 2.46. The fourth-order valence-electron chi connectivity index (χ4n) is 4.52. The number of rotatable bonds is 3. The van der Waals surface area contributed by atoms with Gasteiger partial charge in [0.1, 0.15) is 23.7 Å². The maximum Gasteiger partial charge on any atom is 0.410 e. The van der Waals surface area contributed by atoms with Crippen LogP contribution in [0.3, 0.4) is 0 Å². The van der Waals surface area contributed by atoms with Crippen LogP contribution < -0.4 is 0 Å². The summed E-state index contributed by atoms with van der Waals surface area (Å²) in [7, 11) is 0. The first-order chi connectivity index (χ1) is 13.6. The molecule has 3 rings (SSSR count). The van der Waals surface area contributed by atoms with Crippen LogP contribution in [0.2, 0.25) is 0 Å². The van der Waals surface area contributed by atoms with Gasteiger partial charge in [-0.1, -0.05) is 0 Å². The van der Waals surface area contributed by atoms with Crippen LogP contribution in [0.1, 0.15) is 59.3 Å². The average Bonchev–Trinajstić information content (AvgIpc) is 3.38. The third-order valence-corrected chi connectivity index (χ3v) is 5.81. The van der Waals surface area contributed by atoms with Gasteiger partial charge < -0.3 is 19.6 Å². The summed E-state index contributed by atoms with van der Waals surface area (Å²) < 4.78 is 5.44. The zero-order chi connectivity index (χ0) is 21.3. The minimum Gasteiger partial charge on any atom is -0.480 e. The highest BCUT2D eigenvalue weighted by Crippen LogP contribution is 2.29. The van der Waals surface area contributed by atoms with E-state index in [1.807, 2.05) is 0 Å². The van der Waals surface area contributed by atoms with E-state index in [0.29, 0.717) is 58.2 Å². The van der Waals surface area contributed by atoms with Crippen molar-refractivity contribution in [2.24, 2.45) is 0 Å². The molecular formula is C20H31N3O6. The Morgan fingerprint density at radius 3 is 1.66 bits per heavy atom. The molecule has 0 unspecified atom stereocenters. The van der Waals surface area contributed by atoms with E-state index in [1.54, 1.807) is 25.7 Å². The first kappa shape index (κ1) is 21.4. The van der Waals surface area contributed by atoms with Gasteiger partial charge in [-0.25, -0.2) is 9.59 Å². The molecule has 0 radical (unpaired) electrons. The Bertz CT molecular complexity index is 688. The van der Waals surface area contributed by atoms with Crippen molar-refractivity contribution in [3.8, 4) is 0 Å². The number of carbonyl (C=O) groups is 4. The average molecular weight is 409 g/mol. The molecule has 9 nitrogen and oxygen atoms in total. The number of hydrogen-bond acceptors (Lipinski definition) is 5.